The average molecular weight is 253 g/mol. The highest BCUT2D eigenvalue weighted by Gasteiger charge is 2.19. The number of amides is 2. The lowest BCUT2D eigenvalue weighted by Gasteiger charge is -2.33. The Labute approximate surface area is 109 Å². The SMILES string of the molecule is CCN1CCN(C(=O)NC=C2CCOCC2)CC1. The molecule has 0 bridgehead atoms. The molecule has 18 heavy (non-hydrogen) atoms. The molecule has 0 unspecified atom stereocenters. The molecule has 0 radical (unpaired) electrons. The topological polar surface area (TPSA) is 44.8 Å². The summed E-state index contributed by atoms with van der Waals surface area (Å²) in [5, 5.41) is 2.91. The first-order valence-electron chi connectivity index (χ1n) is 6.83. The number of hydrogen-bond acceptors (Lipinski definition) is 3. The maximum Gasteiger partial charge on any atom is 0.321 e. The maximum atomic E-state index is 12.0. The highest BCUT2D eigenvalue weighted by atomic mass is 16.5. The molecule has 0 aliphatic carbocycles. The van der Waals surface area contributed by atoms with E-state index in [1.54, 1.807) is 0 Å². The summed E-state index contributed by atoms with van der Waals surface area (Å²) in [4.78, 5) is 16.2. The second kappa shape index (κ2) is 6.75. The minimum atomic E-state index is 0.0322. The van der Waals surface area contributed by atoms with Gasteiger partial charge in [-0.1, -0.05) is 6.92 Å². The van der Waals surface area contributed by atoms with E-state index < -0.39 is 0 Å². The van der Waals surface area contributed by atoms with Gasteiger partial charge in [0.05, 0.1) is 13.2 Å². The molecule has 1 N–H and O–H groups in total. The Morgan fingerprint density at radius 1 is 1.28 bits per heavy atom. The predicted octanol–water partition coefficient (Wildman–Crippen LogP) is 1.03. The molecule has 102 valence electrons. The van der Waals surface area contributed by atoms with Crippen molar-refractivity contribution in [3.63, 3.8) is 0 Å². The molecular weight excluding hydrogens is 230 g/mol. The van der Waals surface area contributed by atoms with Crippen LogP contribution in [-0.2, 0) is 4.74 Å². The lowest BCUT2D eigenvalue weighted by atomic mass is 10.1. The summed E-state index contributed by atoms with van der Waals surface area (Å²) in [5.41, 5.74) is 1.28. The van der Waals surface area contributed by atoms with Crippen LogP contribution in [0.5, 0.6) is 0 Å². The largest absolute Gasteiger partial charge is 0.381 e. The summed E-state index contributed by atoms with van der Waals surface area (Å²) in [6, 6.07) is 0.0322. The third-order valence-electron chi connectivity index (χ3n) is 3.64. The number of nitrogens with one attached hydrogen (secondary N) is 1. The van der Waals surface area contributed by atoms with Gasteiger partial charge in [-0.3, -0.25) is 0 Å². The molecule has 2 fully saturated rings. The molecule has 2 aliphatic rings. The van der Waals surface area contributed by atoms with Gasteiger partial charge in [-0.05, 0) is 25.0 Å². The molecule has 2 rings (SSSR count). The Balaban J connectivity index is 1.74. The molecule has 2 amide bonds. The Morgan fingerprint density at radius 2 is 1.94 bits per heavy atom. The van der Waals surface area contributed by atoms with Crippen molar-refractivity contribution in [1.82, 2.24) is 15.1 Å². The van der Waals surface area contributed by atoms with Gasteiger partial charge in [0.2, 0.25) is 0 Å². The molecule has 0 aromatic rings. The van der Waals surface area contributed by atoms with Crippen molar-refractivity contribution in [2.45, 2.75) is 19.8 Å². The van der Waals surface area contributed by atoms with Crippen LogP contribution in [0, 0.1) is 0 Å². The highest BCUT2D eigenvalue weighted by Crippen LogP contribution is 2.12. The zero-order valence-electron chi connectivity index (χ0n) is 11.2. The summed E-state index contributed by atoms with van der Waals surface area (Å²) in [6.45, 7) is 8.39. The molecule has 5 nitrogen and oxygen atoms in total. The standard InChI is InChI=1S/C13H23N3O2/c1-2-15-5-7-16(8-6-15)13(17)14-11-12-3-9-18-10-4-12/h11H,2-10H2,1H3,(H,14,17). The molecule has 0 spiro atoms. The van der Waals surface area contributed by atoms with E-state index >= 15 is 0 Å². The van der Waals surface area contributed by atoms with E-state index in [1.807, 2.05) is 11.1 Å². The lowest BCUT2D eigenvalue weighted by Crippen LogP contribution is -2.50. The molecule has 2 aliphatic heterocycles. The van der Waals surface area contributed by atoms with Crippen molar-refractivity contribution in [1.29, 1.82) is 0 Å². The zero-order chi connectivity index (χ0) is 12.8. The van der Waals surface area contributed by atoms with Crippen molar-refractivity contribution < 1.29 is 9.53 Å². The Kier molecular flexibility index (Phi) is 5.01. The van der Waals surface area contributed by atoms with Gasteiger partial charge in [0.15, 0.2) is 0 Å². The van der Waals surface area contributed by atoms with Crippen LogP contribution < -0.4 is 5.32 Å². The van der Waals surface area contributed by atoms with Gasteiger partial charge in [-0.15, -0.1) is 0 Å². The van der Waals surface area contributed by atoms with Crippen LogP contribution >= 0.6 is 0 Å². The van der Waals surface area contributed by atoms with Crippen LogP contribution in [0.1, 0.15) is 19.8 Å². The molecular formula is C13H23N3O2. The van der Waals surface area contributed by atoms with Gasteiger partial charge in [-0.25, -0.2) is 4.79 Å². The number of carbonyl (C=O) groups is 1. The van der Waals surface area contributed by atoms with E-state index in [2.05, 4.69) is 17.1 Å². The number of ether oxygens (including phenoxy) is 1. The minimum absolute atomic E-state index is 0.0322. The summed E-state index contributed by atoms with van der Waals surface area (Å²) >= 11 is 0. The van der Waals surface area contributed by atoms with Gasteiger partial charge in [0.1, 0.15) is 0 Å². The van der Waals surface area contributed by atoms with E-state index in [9.17, 15) is 4.79 Å². The quantitative estimate of drug-likeness (QED) is 0.799. The van der Waals surface area contributed by atoms with Crippen LogP contribution in [0.3, 0.4) is 0 Å². The second-order valence-corrected chi connectivity index (χ2v) is 4.79. The van der Waals surface area contributed by atoms with Crippen LogP contribution in [0.2, 0.25) is 0 Å². The number of hydrogen-bond donors (Lipinski definition) is 1. The Morgan fingerprint density at radius 3 is 2.56 bits per heavy atom. The molecule has 0 aromatic heterocycles. The number of urea groups is 1. The van der Waals surface area contributed by atoms with Gasteiger partial charge in [0, 0.05) is 32.4 Å². The van der Waals surface area contributed by atoms with E-state index in [1.165, 1.54) is 5.57 Å². The summed E-state index contributed by atoms with van der Waals surface area (Å²) in [5.74, 6) is 0. The van der Waals surface area contributed by atoms with Crippen molar-refractivity contribution in [3.8, 4) is 0 Å². The maximum absolute atomic E-state index is 12.0. The molecule has 0 aromatic carbocycles. The van der Waals surface area contributed by atoms with E-state index in [4.69, 9.17) is 4.74 Å². The fourth-order valence-electron chi connectivity index (χ4n) is 2.30. The van der Waals surface area contributed by atoms with Crippen molar-refractivity contribution in [2.24, 2.45) is 0 Å². The highest BCUT2D eigenvalue weighted by molar-refractivity contribution is 5.75. The lowest BCUT2D eigenvalue weighted by molar-refractivity contribution is 0.118. The van der Waals surface area contributed by atoms with E-state index in [-0.39, 0.29) is 6.03 Å². The smallest absolute Gasteiger partial charge is 0.321 e. The summed E-state index contributed by atoms with van der Waals surface area (Å²) in [6.07, 6.45) is 3.74. The normalized spacial score (nSPS) is 21.8. The summed E-state index contributed by atoms with van der Waals surface area (Å²) in [7, 11) is 0. The fraction of sp³-hybridized carbons (Fsp3) is 0.769. The van der Waals surface area contributed by atoms with Crippen LogP contribution in [0.25, 0.3) is 0 Å². The predicted molar refractivity (Wildman–Crippen MR) is 70.4 cm³/mol. The van der Waals surface area contributed by atoms with E-state index in [0.29, 0.717) is 0 Å². The molecule has 2 heterocycles. The number of nitrogens with zero attached hydrogens (tertiary/aromatic N) is 2. The van der Waals surface area contributed by atoms with E-state index in [0.717, 1.165) is 58.8 Å². The molecule has 0 atom stereocenters. The molecule has 2 saturated heterocycles. The second-order valence-electron chi connectivity index (χ2n) is 4.79. The minimum Gasteiger partial charge on any atom is -0.381 e. The third kappa shape index (κ3) is 3.71. The fourth-order valence-corrected chi connectivity index (χ4v) is 2.30. The van der Waals surface area contributed by atoms with Crippen LogP contribution in [-0.4, -0.2) is 61.8 Å². The van der Waals surface area contributed by atoms with Gasteiger partial charge in [-0.2, -0.15) is 0 Å². The zero-order valence-corrected chi connectivity index (χ0v) is 11.2. The first-order valence-corrected chi connectivity index (χ1v) is 6.83. The van der Waals surface area contributed by atoms with Crippen LogP contribution in [0.4, 0.5) is 4.79 Å². The van der Waals surface area contributed by atoms with Crippen molar-refractivity contribution in [2.75, 3.05) is 45.9 Å². The first kappa shape index (κ1) is 13.4. The monoisotopic (exact) mass is 253 g/mol. The van der Waals surface area contributed by atoms with Gasteiger partial charge in [0.25, 0.3) is 0 Å². The average Bonchev–Trinajstić information content (AvgIpc) is 2.46. The van der Waals surface area contributed by atoms with Crippen molar-refractivity contribution >= 4 is 6.03 Å². The van der Waals surface area contributed by atoms with Crippen LogP contribution in [0.15, 0.2) is 11.8 Å². The number of likely N-dealkylation sites (N-methyl/N-ethyl adjacent to an activating group) is 1. The molecule has 0 saturated carbocycles. The van der Waals surface area contributed by atoms with Crippen molar-refractivity contribution in [3.05, 3.63) is 11.8 Å². The molecule has 5 heteroatoms. The third-order valence-corrected chi connectivity index (χ3v) is 3.64. The first-order chi connectivity index (χ1) is 8.79. The number of piperazine rings is 1. The Hall–Kier alpha value is -1.07. The number of carbonyl (C=O) groups excluding carboxylic acids is 1. The Bertz CT molecular complexity index is 301. The number of rotatable bonds is 2. The summed E-state index contributed by atoms with van der Waals surface area (Å²) < 4.78 is 5.28. The van der Waals surface area contributed by atoms with Gasteiger partial charge < -0.3 is 19.9 Å². The van der Waals surface area contributed by atoms with Gasteiger partial charge >= 0.3 is 6.03 Å².